The van der Waals surface area contributed by atoms with Gasteiger partial charge in [-0.15, -0.1) is 12.3 Å². The zero-order valence-electron chi connectivity index (χ0n) is 8.32. The molecule has 4 nitrogen and oxygen atoms in total. The molecule has 76 valence electrons. The average Bonchev–Trinajstić information content (AvgIpc) is 2.18. The summed E-state index contributed by atoms with van der Waals surface area (Å²) in [6.07, 6.45) is 5.60. The number of hydrogen-bond acceptors (Lipinski definition) is 2. The van der Waals surface area contributed by atoms with E-state index < -0.39 is 0 Å². The molecule has 0 bridgehead atoms. The molecule has 1 aliphatic heterocycles. The lowest BCUT2D eigenvalue weighted by atomic mass is 10.2. The van der Waals surface area contributed by atoms with Gasteiger partial charge >= 0.3 is 0 Å². The summed E-state index contributed by atoms with van der Waals surface area (Å²) in [5.41, 5.74) is 0. The Morgan fingerprint density at radius 1 is 1.29 bits per heavy atom. The first-order chi connectivity index (χ1) is 6.69. The lowest BCUT2D eigenvalue weighted by molar-refractivity contribution is -0.149. The van der Waals surface area contributed by atoms with E-state index in [2.05, 4.69) is 5.92 Å². The second-order valence-corrected chi connectivity index (χ2v) is 3.18. The van der Waals surface area contributed by atoms with Crippen molar-refractivity contribution in [2.75, 3.05) is 26.2 Å². The van der Waals surface area contributed by atoms with Crippen LogP contribution in [0.1, 0.15) is 13.3 Å². The van der Waals surface area contributed by atoms with Gasteiger partial charge in [0, 0.05) is 19.5 Å². The lowest BCUT2D eigenvalue weighted by Gasteiger charge is -2.32. The van der Waals surface area contributed by atoms with Gasteiger partial charge in [0.2, 0.25) is 11.8 Å². The van der Waals surface area contributed by atoms with Gasteiger partial charge in [0.25, 0.3) is 0 Å². The summed E-state index contributed by atoms with van der Waals surface area (Å²) in [6, 6.07) is 0. The average molecular weight is 194 g/mol. The van der Waals surface area contributed by atoms with Crippen molar-refractivity contribution in [1.29, 1.82) is 0 Å². The van der Waals surface area contributed by atoms with Gasteiger partial charge in [0.05, 0.1) is 13.1 Å². The van der Waals surface area contributed by atoms with Crippen LogP contribution in [0, 0.1) is 12.3 Å². The molecule has 0 aromatic heterocycles. The summed E-state index contributed by atoms with van der Waals surface area (Å²) in [6.45, 7) is 3.31. The predicted molar refractivity (Wildman–Crippen MR) is 52.3 cm³/mol. The Morgan fingerprint density at radius 2 is 1.86 bits per heavy atom. The monoisotopic (exact) mass is 194 g/mol. The van der Waals surface area contributed by atoms with Crippen molar-refractivity contribution in [2.45, 2.75) is 13.3 Å². The minimum absolute atomic E-state index is 0.00382. The van der Waals surface area contributed by atoms with E-state index >= 15 is 0 Å². The van der Waals surface area contributed by atoms with Gasteiger partial charge in [-0.25, -0.2) is 0 Å². The van der Waals surface area contributed by atoms with Crippen LogP contribution < -0.4 is 0 Å². The molecule has 1 rings (SSSR count). The molecular formula is C10H14N2O2. The molecule has 0 N–H and O–H groups in total. The predicted octanol–water partition coefficient (Wildman–Crippen LogP) is -0.300. The molecule has 0 unspecified atom stereocenters. The molecule has 0 saturated carbocycles. The van der Waals surface area contributed by atoms with Crippen molar-refractivity contribution in [2.24, 2.45) is 0 Å². The Balaban J connectivity index is 2.54. The van der Waals surface area contributed by atoms with Crippen LogP contribution in [0.2, 0.25) is 0 Å². The molecule has 4 heteroatoms. The minimum Gasteiger partial charge on any atom is -0.332 e. The standard InChI is InChI=1S/C10H14N2O2/c1-3-5-6-12-8-9(13)11(4-2)7-10(12)14/h1H,4-8H2,2H3. The molecule has 0 radical (unpaired) electrons. The minimum atomic E-state index is -0.0123. The van der Waals surface area contributed by atoms with Crippen molar-refractivity contribution in [3.05, 3.63) is 0 Å². The van der Waals surface area contributed by atoms with Crippen LogP contribution in [0.5, 0.6) is 0 Å². The molecule has 1 heterocycles. The second kappa shape index (κ2) is 4.66. The quantitative estimate of drug-likeness (QED) is 0.579. The SMILES string of the molecule is C#CCCN1CC(=O)N(CC)CC1=O. The number of carbonyl (C=O) groups is 2. The topological polar surface area (TPSA) is 40.6 Å². The molecule has 0 aromatic carbocycles. The van der Waals surface area contributed by atoms with Crippen molar-refractivity contribution in [3.63, 3.8) is 0 Å². The Hall–Kier alpha value is -1.50. The molecule has 0 atom stereocenters. The third-order valence-corrected chi connectivity index (χ3v) is 2.27. The Kier molecular flexibility index (Phi) is 3.52. The zero-order chi connectivity index (χ0) is 10.6. The highest BCUT2D eigenvalue weighted by Gasteiger charge is 2.27. The number of piperazine rings is 1. The van der Waals surface area contributed by atoms with Crippen LogP contribution in [-0.2, 0) is 9.59 Å². The van der Waals surface area contributed by atoms with Crippen LogP contribution in [0.3, 0.4) is 0 Å². The van der Waals surface area contributed by atoms with Gasteiger partial charge in [-0.2, -0.15) is 0 Å². The first-order valence-corrected chi connectivity index (χ1v) is 4.68. The van der Waals surface area contributed by atoms with Crippen LogP contribution in [0.4, 0.5) is 0 Å². The van der Waals surface area contributed by atoms with Crippen LogP contribution in [0.15, 0.2) is 0 Å². The van der Waals surface area contributed by atoms with Crippen molar-refractivity contribution in [3.8, 4) is 12.3 Å². The highest BCUT2D eigenvalue weighted by atomic mass is 16.2. The fourth-order valence-corrected chi connectivity index (χ4v) is 1.39. The number of rotatable bonds is 3. The number of nitrogens with zero attached hydrogens (tertiary/aromatic N) is 2. The first-order valence-electron chi connectivity index (χ1n) is 4.68. The van der Waals surface area contributed by atoms with E-state index in [1.165, 1.54) is 4.90 Å². The van der Waals surface area contributed by atoms with Crippen LogP contribution >= 0.6 is 0 Å². The summed E-state index contributed by atoms with van der Waals surface area (Å²) in [4.78, 5) is 26.0. The maximum absolute atomic E-state index is 11.5. The Bertz CT molecular complexity index is 280. The summed E-state index contributed by atoms with van der Waals surface area (Å²) >= 11 is 0. The van der Waals surface area contributed by atoms with Gasteiger partial charge in [0.15, 0.2) is 0 Å². The number of hydrogen-bond donors (Lipinski definition) is 0. The van der Waals surface area contributed by atoms with E-state index in [0.29, 0.717) is 19.5 Å². The van der Waals surface area contributed by atoms with Crippen molar-refractivity contribution in [1.82, 2.24) is 9.80 Å². The summed E-state index contributed by atoms with van der Waals surface area (Å²) in [5.74, 6) is 2.45. The van der Waals surface area contributed by atoms with E-state index in [0.717, 1.165) is 0 Å². The molecule has 1 aliphatic rings. The first kappa shape index (κ1) is 10.6. The third kappa shape index (κ3) is 2.25. The van der Waals surface area contributed by atoms with E-state index in [4.69, 9.17) is 6.42 Å². The van der Waals surface area contributed by atoms with Crippen molar-refractivity contribution >= 4 is 11.8 Å². The normalized spacial score (nSPS) is 17.1. The molecule has 2 amide bonds. The van der Waals surface area contributed by atoms with Crippen LogP contribution in [0.25, 0.3) is 0 Å². The fraction of sp³-hybridized carbons (Fsp3) is 0.600. The fourth-order valence-electron chi connectivity index (χ4n) is 1.39. The molecular weight excluding hydrogens is 180 g/mol. The molecule has 0 aliphatic carbocycles. The lowest BCUT2D eigenvalue weighted by Crippen LogP contribution is -2.53. The summed E-state index contributed by atoms with van der Waals surface area (Å²) in [5, 5.41) is 0. The molecule has 1 fully saturated rings. The summed E-state index contributed by atoms with van der Waals surface area (Å²) in [7, 11) is 0. The van der Waals surface area contributed by atoms with Gasteiger partial charge in [0.1, 0.15) is 0 Å². The zero-order valence-corrected chi connectivity index (χ0v) is 8.32. The van der Waals surface area contributed by atoms with E-state index in [1.54, 1.807) is 4.90 Å². The number of amides is 2. The highest BCUT2D eigenvalue weighted by molar-refractivity contribution is 5.92. The molecule has 14 heavy (non-hydrogen) atoms. The molecule has 0 spiro atoms. The van der Waals surface area contributed by atoms with Gasteiger partial charge < -0.3 is 9.80 Å². The molecule has 0 aromatic rings. The van der Waals surface area contributed by atoms with Gasteiger partial charge in [-0.3, -0.25) is 9.59 Å². The van der Waals surface area contributed by atoms with E-state index in [1.807, 2.05) is 6.92 Å². The number of likely N-dealkylation sites (N-methyl/N-ethyl adjacent to an activating group) is 1. The third-order valence-electron chi connectivity index (χ3n) is 2.27. The largest absolute Gasteiger partial charge is 0.332 e. The maximum atomic E-state index is 11.5. The summed E-state index contributed by atoms with van der Waals surface area (Å²) < 4.78 is 0. The smallest absolute Gasteiger partial charge is 0.242 e. The number of terminal acetylenes is 1. The van der Waals surface area contributed by atoms with Crippen molar-refractivity contribution < 1.29 is 9.59 Å². The Morgan fingerprint density at radius 3 is 2.43 bits per heavy atom. The molecule has 1 saturated heterocycles. The second-order valence-electron chi connectivity index (χ2n) is 3.18. The highest BCUT2D eigenvalue weighted by Crippen LogP contribution is 2.04. The van der Waals surface area contributed by atoms with E-state index in [-0.39, 0.29) is 24.9 Å². The number of carbonyl (C=O) groups excluding carboxylic acids is 2. The van der Waals surface area contributed by atoms with E-state index in [9.17, 15) is 9.59 Å². The van der Waals surface area contributed by atoms with Gasteiger partial charge in [-0.1, -0.05) is 0 Å². The maximum Gasteiger partial charge on any atom is 0.242 e. The van der Waals surface area contributed by atoms with Gasteiger partial charge in [-0.05, 0) is 6.92 Å². The van der Waals surface area contributed by atoms with Crippen LogP contribution in [-0.4, -0.2) is 47.8 Å². The Labute approximate surface area is 83.9 Å².